The van der Waals surface area contributed by atoms with E-state index in [1.54, 1.807) is 6.92 Å². The molecular formula is C8H17N5O4S2. The quantitative estimate of drug-likeness (QED) is 0.544. The fraction of sp³-hybridized carbons (Fsp3) is 0.625. The van der Waals surface area contributed by atoms with Crippen molar-refractivity contribution in [1.82, 2.24) is 19.2 Å². The van der Waals surface area contributed by atoms with Gasteiger partial charge in [-0.2, -0.15) is 5.10 Å². The van der Waals surface area contributed by atoms with Crippen LogP contribution in [0.5, 0.6) is 0 Å². The Morgan fingerprint density at radius 2 is 1.95 bits per heavy atom. The maximum atomic E-state index is 11.9. The van der Waals surface area contributed by atoms with Crippen LogP contribution >= 0.6 is 0 Å². The van der Waals surface area contributed by atoms with Gasteiger partial charge in [0.25, 0.3) is 0 Å². The van der Waals surface area contributed by atoms with E-state index in [1.807, 2.05) is 0 Å². The number of hydrogen-bond donors (Lipinski definition) is 3. The van der Waals surface area contributed by atoms with Crippen molar-refractivity contribution in [2.24, 2.45) is 7.05 Å². The normalized spacial score (nSPS) is 12.7. The van der Waals surface area contributed by atoms with Crippen LogP contribution in [0.1, 0.15) is 6.92 Å². The molecule has 0 atom stereocenters. The van der Waals surface area contributed by atoms with Crippen LogP contribution in [0.4, 0.5) is 5.82 Å². The van der Waals surface area contributed by atoms with Gasteiger partial charge in [0.1, 0.15) is 4.90 Å². The van der Waals surface area contributed by atoms with Crippen molar-refractivity contribution in [3.8, 4) is 0 Å². The van der Waals surface area contributed by atoms with Crippen molar-refractivity contribution in [1.29, 1.82) is 0 Å². The number of nitrogens with zero attached hydrogens (tertiary/aromatic N) is 2. The van der Waals surface area contributed by atoms with Gasteiger partial charge >= 0.3 is 0 Å². The van der Waals surface area contributed by atoms with E-state index in [-0.39, 0.29) is 29.6 Å². The number of nitrogens with one attached hydrogen (secondary N) is 2. The van der Waals surface area contributed by atoms with Crippen molar-refractivity contribution >= 4 is 25.9 Å². The SMILES string of the molecule is CCNS(=O)(=O)CCNS(=O)(=O)c1cn(C)nc1N. The average Bonchev–Trinajstić information content (AvgIpc) is 2.57. The summed E-state index contributed by atoms with van der Waals surface area (Å²) in [7, 11) is -5.80. The first kappa shape index (κ1) is 15.9. The molecule has 1 aromatic rings. The molecule has 1 rings (SSSR count). The summed E-state index contributed by atoms with van der Waals surface area (Å²) in [5.74, 6) is -0.482. The van der Waals surface area contributed by atoms with Gasteiger partial charge < -0.3 is 5.73 Å². The zero-order valence-electron chi connectivity index (χ0n) is 10.6. The van der Waals surface area contributed by atoms with Crippen molar-refractivity contribution in [2.75, 3.05) is 24.6 Å². The third kappa shape index (κ3) is 4.45. The molecule has 4 N–H and O–H groups in total. The number of nitrogen functional groups attached to an aromatic ring is 1. The summed E-state index contributed by atoms with van der Waals surface area (Å²) in [5.41, 5.74) is 5.45. The van der Waals surface area contributed by atoms with Gasteiger partial charge in [0, 0.05) is 26.3 Å². The first-order valence-corrected chi connectivity index (χ1v) is 8.57. The van der Waals surface area contributed by atoms with E-state index >= 15 is 0 Å². The van der Waals surface area contributed by atoms with Gasteiger partial charge in [-0.3, -0.25) is 4.68 Å². The molecule has 0 unspecified atom stereocenters. The van der Waals surface area contributed by atoms with E-state index in [2.05, 4.69) is 14.5 Å². The Bertz CT molecular complexity index is 634. The number of aryl methyl sites for hydroxylation is 1. The zero-order chi connectivity index (χ0) is 14.7. The van der Waals surface area contributed by atoms with Crippen molar-refractivity contribution in [3.05, 3.63) is 6.20 Å². The Morgan fingerprint density at radius 1 is 1.32 bits per heavy atom. The lowest BCUT2D eigenvalue weighted by molar-refractivity contribution is 0.576. The van der Waals surface area contributed by atoms with Crippen LogP contribution in [0.2, 0.25) is 0 Å². The largest absolute Gasteiger partial charge is 0.381 e. The molecule has 0 aliphatic heterocycles. The maximum Gasteiger partial charge on any atom is 0.245 e. The highest BCUT2D eigenvalue weighted by Gasteiger charge is 2.21. The molecule has 9 nitrogen and oxygen atoms in total. The smallest absolute Gasteiger partial charge is 0.245 e. The van der Waals surface area contributed by atoms with E-state index < -0.39 is 20.0 Å². The molecule has 1 aromatic heterocycles. The molecule has 0 aromatic carbocycles. The predicted octanol–water partition coefficient (Wildman–Crippen LogP) is -1.78. The summed E-state index contributed by atoms with van der Waals surface area (Å²) in [5, 5.41) is 3.71. The average molecular weight is 311 g/mol. The topological polar surface area (TPSA) is 136 Å². The van der Waals surface area contributed by atoms with Crippen LogP contribution < -0.4 is 15.2 Å². The van der Waals surface area contributed by atoms with Gasteiger partial charge in [0.2, 0.25) is 20.0 Å². The third-order valence-electron chi connectivity index (χ3n) is 2.14. The number of nitrogens with two attached hydrogens (primary N) is 1. The summed E-state index contributed by atoms with van der Waals surface area (Å²) in [6, 6.07) is 0. The van der Waals surface area contributed by atoms with E-state index in [4.69, 9.17) is 5.73 Å². The molecule has 1 heterocycles. The molecule has 110 valence electrons. The second-order valence-electron chi connectivity index (χ2n) is 3.77. The van der Waals surface area contributed by atoms with Crippen molar-refractivity contribution in [2.45, 2.75) is 11.8 Å². The molecule has 0 saturated heterocycles. The Kier molecular flexibility index (Phi) is 4.90. The molecule has 0 aliphatic carbocycles. The molecule has 19 heavy (non-hydrogen) atoms. The molecule has 0 amide bonds. The van der Waals surface area contributed by atoms with Crippen LogP contribution in [0.3, 0.4) is 0 Å². The second kappa shape index (κ2) is 5.86. The number of rotatable bonds is 7. The minimum Gasteiger partial charge on any atom is -0.381 e. The van der Waals surface area contributed by atoms with Crippen LogP contribution in [0.15, 0.2) is 11.1 Å². The Morgan fingerprint density at radius 3 is 2.42 bits per heavy atom. The van der Waals surface area contributed by atoms with E-state index in [9.17, 15) is 16.8 Å². The molecule has 0 fully saturated rings. The molecular weight excluding hydrogens is 294 g/mol. The van der Waals surface area contributed by atoms with Gasteiger partial charge in [-0.25, -0.2) is 26.3 Å². The van der Waals surface area contributed by atoms with Gasteiger partial charge in [-0.15, -0.1) is 0 Å². The Hall–Kier alpha value is -1.17. The third-order valence-corrected chi connectivity index (χ3v) is 5.09. The summed E-state index contributed by atoms with van der Waals surface area (Å²) < 4.78 is 52.1. The van der Waals surface area contributed by atoms with E-state index in [0.717, 1.165) is 0 Å². The van der Waals surface area contributed by atoms with Crippen molar-refractivity contribution in [3.63, 3.8) is 0 Å². The Labute approximate surface area is 112 Å². The highest BCUT2D eigenvalue weighted by Crippen LogP contribution is 2.14. The lowest BCUT2D eigenvalue weighted by Crippen LogP contribution is -2.34. The van der Waals surface area contributed by atoms with E-state index in [1.165, 1.54) is 17.9 Å². The first-order chi connectivity index (χ1) is 8.68. The lowest BCUT2D eigenvalue weighted by atomic mass is 10.7. The fourth-order valence-electron chi connectivity index (χ4n) is 1.37. The van der Waals surface area contributed by atoms with Crippen LogP contribution in [0, 0.1) is 0 Å². The zero-order valence-corrected chi connectivity index (χ0v) is 12.3. The minimum absolute atomic E-state index is 0.135. The molecule has 0 spiro atoms. The van der Waals surface area contributed by atoms with Gasteiger partial charge in [0.05, 0.1) is 5.75 Å². The summed E-state index contributed by atoms with van der Waals surface area (Å²) in [4.78, 5) is -0.171. The Balaban J connectivity index is 2.70. The summed E-state index contributed by atoms with van der Waals surface area (Å²) >= 11 is 0. The monoisotopic (exact) mass is 311 g/mol. The number of aromatic nitrogens is 2. The molecule has 0 bridgehead atoms. The maximum absolute atomic E-state index is 11.9. The van der Waals surface area contributed by atoms with Crippen LogP contribution in [0.25, 0.3) is 0 Å². The summed E-state index contributed by atoms with van der Waals surface area (Å²) in [6.07, 6.45) is 1.25. The fourth-order valence-corrected chi connectivity index (χ4v) is 3.59. The van der Waals surface area contributed by atoms with Crippen molar-refractivity contribution < 1.29 is 16.8 Å². The number of anilines is 1. The summed E-state index contributed by atoms with van der Waals surface area (Å²) in [6.45, 7) is 1.65. The van der Waals surface area contributed by atoms with Gasteiger partial charge in [0.15, 0.2) is 5.82 Å². The lowest BCUT2D eigenvalue weighted by Gasteiger charge is -2.06. The van der Waals surface area contributed by atoms with Gasteiger partial charge in [-0.1, -0.05) is 6.92 Å². The first-order valence-electron chi connectivity index (χ1n) is 5.44. The number of sulfonamides is 2. The minimum atomic E-state index is -3.86. The highest BCUT2D eigenvalue weighted by atomic mass is 32.2. The number of hydrogen-bond acceptors (Lipinski definition) is 6. The van der Waals surface area contributed by atoms with Gasteiger partial charge in [-0.05, 0) is 0 Å². The van der Waals surface area contributed by atoms with Crippen LogP contribution in [-0.2, 0) is 27.1 Å². The molecule has 0 radical (unpaired) electrons. The molecule has 0 saturated carbocycles. The second-order valence-corrected chi connectivity index (χ2v) is 7.43. The van der Waals surface area contributed by atoms with Crippen LogP contribution in [-0.4, -0.2) is 45.5 Å². The molecule has 0 aliphatic rings. The molecule has 11 heteroatoms. The standard InChI is InChI=1S/C8H17N5O4S2/c1-3-10-18(14,15)5-4-11-19(16,17)7-6-13(2)12-8(7)9/h6,10-11H,3-5H2,1-2H3,(H2,9,12). The predicted molar refractivity (Wildman–Crippen MR) is 70.3 cm³/mol. The highest BCUT2D eigenvalue weighted by molar-refractivity contribution is 7.90. The van der Waals surface area contributed by atoms with E-state index in [0.29, 0.717) is 0 Å².